The minimum absolute atomic E-state index is 0.343. The van der Waals surface area contributed by atoms with Crippen LogP contribution in [0.4, 0.5) is 0 Å². The van der Waals surface area contributed by atoms with Crippen LogP contribution in [-0.2, 0) is 9.53 Å². The Labute approximate surface area is 115 Å². The quantitative estimate of drug-likeness (QED) is 0.786. The first kappa shape index (κ1) is 11.9. The summed E-state index contributed by atoms with van der Waals surface area (Å²) >= 11 is 5.82. The van der Waals surface area contributed by atoms with Gasteiger partial charge >= 0.3 is 5.97 Å². The van der Waals surface area contributed by atoms with E-state index in [0.717, 1.165) is 11.1 Å². The number of hydrogen-bond donors (Lipinski definition) is 0. The zero-order valence-electron chi connectivity index (χ0n) is 9.92. The number of esters is 1. The highest BCUT2D eigenvalue weighted by atomic mass is 35.5. The summed E-state index contributed by atoms with van der Waals surface area (Å²) in [5, 5.41) is 0.633. The van der Waals surface area contributed by atoms with E-state index in [9.17, 15) is 4.79 Å². The molecule has 2 aromatic carbocycles. The molecule has 3 nitrogen and oxygen atoms in total. The molecule has 1 heterocycles. The first-order valence-electron chi connectivity index (χ1n) is 5.84. The summed E-state index contributed by atoms with van der Waals surface area (Å²) in [6, 6.07) is 15.8. The van der Waals surface area contributed by atoms with Gasteiger partial charge in [-0.25, -0.2) is 9.79 Å². The molecule has 2 aromatic rings. The Hall–Kier alpha value is -2.13. The molecule has 1 atom stereocenters. The van der Waals surface area contributed by atoms with Crippen molar-refractivity contribution in [2.24, 2.45) is 4.99 Å². The molecule has 0 bridgehead atoms. The van der Waals surface area contributed by atoms with Crippen LogP contribution in [0.2, 0.25) is 5.02 Å². The van der Waals surface area contributed by atoms with Gasteiger partial charge in [0.2, 0.25) is 5.90 Å². The molecule has 0 fully saturated rings. The van der Waals surface area contributed by atoms with Crippen molar-refractivity contribution in [1.29, 1.82) is 0 Å². The van der Waals surface area contributed by atoms with Crippen molar-refractivity contribution in [3.63, 3.8) is 0 Å². The fourth-order valence-electron chi connectivity index (χ4n) is 1.92. The molecule has 1 aliphatic rings. The monoisotopic (exact) mass is 271 g/mol. The lowest BCUT2D eigenvalue weighted by Crippen LogP contribution is -2.08. The van der Waals surface area contributed by atoms with Gasteiger partial charge in [-0.05, 0) is 29.8 Å². The third-order valence-corrected chi connectivity index (χ3v) is 3.13. The van der Waals surface area contributed by atoms with Crippen molar-refractivity contribution in [3.05, 3.63) is 70.7 Å². The minimum atomic E-state index is -0.577. The fraction of sp³-hybridized carbons (Fsp3) is 0.0667. The molecule has 0 saturated heterocycles. The van der Waals surface area contributed by atoms with Gasteiger partial charge < -0.3 is 4.74 Å². The van der Waals surface area contributed by atoms with Crippen LogP contribution >= 0.6 is 11.6 Å². The van der Waals surface area contributed by atoms with Crippen molar-refractivity contribution < 1.29 is 9.53 Å². The molecular weight excluding hydrogens is 262 g/mol. The maximum atomic E-state index is 11.9. The Morgan fingerprint density at radius 3 is 2.37 bits per heavy atom. The zero-order valence-corrected chi connectivity index (χ0v) is 10.7. The highest BCUT2D eigenvalue weighted by Crippen LogP contribution is 2.26. The number of cyclic esters (lactones) is 1. The smallest absolute Gasteiger partial charge is 0.342 e. The fourth-order valence-corrected chi connectivity index (χ4v) is 2.05. The summed E-state index contributed by atoms with van der Waals surface area (Å²) in [6.07, 6.45) is 0. The predicted molar refractivity (Wildman–Crippen MR) is 73.3 cm³/mol. The number of carbonyl (C=O) groups is 1. The number of hydrogen-bond acceptors (Lipinski definition) is 3. The van der Waals surface area contributed by atoms with E-state index in [2.05, 4.69) is 4.99 Å². The average molecular weight is 272 g/mol. The van der Waals surface area contributed by atoms with E-state index in [-0.39, 0.29) is 5.97 Å². The van der Waals surface area contributed by atoms with Crippen molar-refractivity contribution >= 4 is 23.5 Å². The highest BCUT2D eigenvalue weighted by Gasteiger charge is 2.30. The SMILES string of the molecule is O=C1OC(c2ccc(Cl)cc2)=NC1c1ccccc1. The summed E-state index contributed by atoms with van der Waals surface area (Å²) in [5.74, 6) is -0.00771. The third kappa shape index (κ3) is 2.37. The van der Waals surface area contributed by atoms with E-state index in [1.165, 1.54) is 0 Å². The lowest BCUT2D eigenvalue weighted by Gasteiger charge is -2.01. The first-order valence-corrected chi connectivity index (χ1v) is 6.22. The van der Waals surface area contributed by atoms with Gasteiger partial charge in [0.05, 0.1) is 0 Å². The molecule has 1 unspecified atom stereocenters. The van der Waals surface area contributed by atoms with E-state index in [1.54, 1.807) is 24.3 Å². The van der Waals surface area contributed by atoms with Crippen molar-refractivity contribution in [1.82, 2.24) is 0 Å². The number of ether oxygens (including phenoxy) is 1. The summed E-state index contributed by atoms with van der Waals surface area (Å²) in [7, 11) is 0. The molecule has 0 radical (unpaired) electrons. The van der Waals surface area contributed by atoms with Gasteiger partial charge in [0.25, 0.3) is 0 Å². The topological polar surface area (TPSA) is 38.7 Å². The molecule has 19 heavy (non-hydrogen) atoms. The van der Waals surface area contributed by atoms with Crippen LogP contribution in [-0.4, -0.2) is 11.9 Å². The molecular formula is C15H10ClNO2. The highest BCUT2D eigenvalue weighted by molar-refractivity contribution is 6.30. The van der Waals surface area contributed by atoms with E-state index in [1.807, 2.05) is 30.3 Å². The average Bonchev–Trinajstić information content (AvgIpc) is 2.83. The third-order valence-electron chi connectivity index (χ3n) is 2.87. The summed E-state index contributed by atoms with van der Waals surface area (Å²) < 4.78 is 5.22. The van der Waals surface area contributed by atoms with Crippen LogP contribution in [0, 0.1) is 0 Å². The van der Waals surface area contributed by atoms with Gasteiger partial charge in [0.15, 0.2) is 6.04 Å². The second kappa shape index (κ2) is 4.86. The van der Waals surface area contributed by atoms with E-state index in [0.29, 0.717) is 10.9 Å². The summed E-state index contributed by atoms with van der Waals surface area (Å²) in [6.45, 7) is 0. The molecule has 0 N–H and O–H groups in total. The molecule has 0 amide bonds. The number of nitrogens with zero attached hydrogens (tertiary/aromatic N) is 1. The van der Waals surface area contributed by atoms with Crippen LogP contribution in [0.25, 0.3) is 0 Å². The van der Waals surface area contributed by atoms with Crippen LogP contribution in [0.5, 0.6) is 0 Å². The number of rotatable bonds is 2. The van der Waals surface area contributed by atoms with Gasteiger partial charge in [0.1, 0.15) is 0 Å². The largest absolute Gasteiger partial charge is 0.405 e. The van der Waals surface area contributed by atoms with Gasteiger partial charge in [-0.15, -0.1) is 0 Å². The van der Waals surface area contributed by atoms with Gasteiger partial charge in [0, 0.05) is 10.6 Å². The van der Waals surface area contributed by atoms with Crippen molar-refractivity contribution in [2.75, 3.05) is 0 Å². The Kier molecular flexibility index (Phi) is 3.05. The maximum Gasteiger partial charge on any atom is 0.342 e. The molecule has 3 rings (SSSR count). The maximum absolute atomic E-state index is 11.9. The molecule has 94 valence electrons. The normalized spacial score (nSPS) is 18.1. The van der Waals surface area contributed by atoms with E-state index in [4.69, 9.17) is 16.3 Å². The second-order valence-electron chi connectivity index (χ2n) is 4.18. The second-order valence-corrected chi connectivity index (χ2v) is 4.61. The summed E-state index contributed by atoms with van der Waals surface area (Å²) in [5.41, 5.74) is 1.58. The van der Waals surface area contributed by atoms with Gasteiger partial charge in [-0.2, -0.15) is 0 Å². The van der Waals surface area contributed by atoms with E-state index >= 15 is 0 Å². The van der Waals surface area contributed by atoms with E-state index < -0.39 is 6.04 Å². The Balaban J connectivity index is 1.93. The van der Waals surface area contributed by atoms with Crippen LogP contribution in [0.3, 0.4) is 0 Å². The van der Waals surface area contributed by atoms with Crippen LogP contribution in [0.1, 0.15) is 17.2 Å². The molecule has 0 aliphatic carbocycles. The standard InChI is InChI=1S/C15H10ClNO2/c16-12-8-6-11(7-9-12)14-17-13(15(18)19-14)10-4-2-1-3-5-10/h1-9,13H. The Morgan fingerprint density at radius 2 is 1.68 bits per heavy atom. The first-order chi connectivity index (χ1) is 9.24. The lowest BCUT2D eigenvalue weighted by atomic mass is 10.1. The number of aliphatic imine (C=N–C) groups is 1. The molecule has 0 saturated carbocycles. The zero-order chi connectivity index (χ0) is 13.2. The van der Waals surface area contributed by atoms with Gasteiger partial charge in [-0.3, -0.25) is 0 Å². The van der Waals surface area contributed by atoms with Crippen LogP contribution < -0.4 is 0 Å². The van der Waals surface area contributed by atoms with Crippen molar-refractivity contribution in [3.8, 4) is 0 Å². The lowest BCUT2D eigenvalue weighted by molar-refractivity contribution is -0.135. The number of carbonyl (C=O) groups excluding carboxylic acids is 1. The van der Waals surface area contributed by atoms with Gasteiger partial charge in [-0.1, -0.05) is 41.9 Å². The minimum Gasteiger partial charge on any atom is -0.405 e. The Morgan fingerprint density at radius 1 is 1.00 bits per heavy atom. The number of benzene rings is 2. The number of halogens is 1. The van der Waals surface area contributed by atoms with Crippen molar-refractivity contribution in [2.45, 2.75) is 6.04 Å². The Bertz CT molecular complexity index is 635. The summed E-state index contributed by atoms with van der Waals surface area (Å²) in [4.78, 5) is 16.2. The molecule has 0 aromatic heterocycles. The predicted octanol–water partition coefficient (Wildman–Crippen LogP) is 3.38. The van der Waals surface area contributed by atoms with Crippen LogP contribution in [0.15, 0.2) is 59.6 Å². The molecule has 0 spiro atoms. The molecule has 4 heteroatoms. The molecule has 1 aliphatic heterocycles.